The van der Waals surface area contributed by atoms with E-state index in [1.54, 1.807) is 6.07 Å². The second-order valence-corrected chi connectivity index (χ2v) is 9.08. The minimum atomic E-state index is -4.22. The normalized spacial score (nSPS) is 12.7. The molecule has 0 N–H and O–H groups in total. The standard InChI is InChI=1S/C15H19N3O7S2/c1-11(19)13(10-16)8-12-6-7-14(24-26(20,21)17(2)3)15(9-12)25-27(22,23)18(4)5/h6-9H,1-5H3/b13-8+. The van der Waals surface area contributed by atoms with Gasteiger partial charge in [-0.15, -0.1) is 0 Å². The van der Waals surface area contributed by atoms with Crippen molar-refractivity contribution in [3.63, 3.8) is 0 Å². The molecule has 0 aliphatic carbocycles. The van der Waals surface area contributed by atoms with Gasteiger partial charge < -0.3 is 8.37 Å². The van der Waals surface area contributed by atoms with E-state index in [0.717, 1.165) is 20.7 Å². The molecule has 1 aromatic rings. The maximum absolute atomic E-state index is 12.0. The third-order valence-electron chi connectivity index (χ3n) is 3.06. The number of Topliss-reactive ketones (excluding diaryl/α,β-unsaturated/α-hetero) is 1. The predicted octanol–water partition coefficient (Wildman–Crippen LogP) is 0.553. The number of nitrogens with zero attached hydrogens (tertiary/aromatic N) is 3. The first-order valence-corrected chi connectivity index (χ1v) is 10.0. The number of carbonyl (C=O) groups excluding carboxylic acids is 1. The first-order chi connectivity index (χ1) is 12.3. The highest BCUT2D eigenvalue weighted by molar-refractivity contribution is 7.85. The van der Waals surface area contributed by atoms with E-state index in [2.05, 4.69) is 0 Å². The Morgan fingerprint density at radius 2 is 1.48 bits per heavy atom. The summed E-state index contributed by atoms with van der Waals surface area (Å²) in [4.78, 5) is 11.4. The molecule has 0 aliphatic heterocycles. The van der Waals surface area contributed by atoms with Gasteiger partial charge in [0.2, 0.25) is 0 Å². The Labute approximate surface area is 158 Å². The molecule has 1 rings (SSSR count). The lowest BCUT2D eigenvalue weighted by Gasteiger charge is -2.17. The fraction of sp³-hybridized carbons (Fsp3) is 0.333. The Morgan fingerprint density at radius 3 is 1.89 bits per heavy atom. The molecule has 0 saturated heterocycles. The summed E-state index contributed by atoms with van der Waals surface area (Å²) in [6.45, 7) is 1.20. The van der Waals surface area contributed by atoms with Crippen molar-refractivity contribution in [2.75, 3.05) is 28.2 Å². The zero-order valence-electron chi connectivity index (χ0n) is 15.3. The van der Waals surface area contributed by atoms with Crippen molar-refractivity contribution < 1.29 is 30.0 Å². The van der Waals surface area contributed by atoms with Gasteiger partial charge in [0.15, 0.2) is 17.3 Å². The molecule has 27 heavy (non-hydrogen) atoms. The smallest absolute Gasteiger partial charge is 0.367 e. The number of ketones is 1. The fourth-order valence-electron chi connectivity index (χ4n) is 1.50. The maximum atomic E-state index is 12.0. The predicted molar refractivity (Wildman–Crippen MR) is 97.2 cm³/mol. The Morgan fingerprint density at radius 1 is 1.00 bits per heavy atom. The van der Waals surface area contributed by atoms with Crippen LogP contribution in [-0.4, -0.2) is 59.4 Å². The van der Waals surface area contributed by atoms with E-state index < -0.39 is 32.1 Å². The molecule has 10 nitrogen and oxygen atoms in total. The number of hydrogen-bond donors (Lipinski definition) is 0. The van der Waals surface area contributed by atoms with Crippen LogP contribution >= 0.6 is 0 Å². The maximum Gasteiger partial charge on any atom is 0.384 e. The van der Waals surface area contributed by atoms with E-state index in [-0.39, 0.29) is 16.9 Å². The third-order valence-corrected chi connectivity index (χ3v) is 5.63. The molecular formula is C15H19N3O7S2. The molecule has 0 atom stereocenters. The molecule has 0 unspecified atom stereocenters. The summed E-state index contributed by atoms with van der Waals surface area (Å²) in [6.07, 6.45) is 1.21. The van der Waals surface area contributed by atoms with E-state index in [1.807, 2.05) is 0 Å². The third kappa shape index (κ3) is 6.04. The van der Waals surface area contributed by atoms with Crippen LogP contribution in [-0.2, 0) is 25.4 Å². The van der Waals surface area contributed by atoms with Gasteiger partial charge in [0.05, 0.1) is 5.57 Å². The van der Waals surface area contributed by atoms with Crippen molar-refractivity contribution in [2.45, 2.75) is 6.92 Å². The molecule has 0 radical (unpaired) electrons. The second-order valence-electron chi connectivity index (χ2n) is 5.58. The summed E-state index contributed by atoms with van der Waals surface area (Å²) < 4.78 is 59.3. The molecular weight excluding hydrogens is 398 g/mol. The van der Waals surface area contributed by atoms with Crippen LogP contribution in [0.25, 0.3) is 6.08 Å². The van der Waals surface area contributed by atoms with E-state index >= 15 is 0 Å². The van der Waals surface area contributed by atoms with Crippen LogP contribution in [0.4, 0.5) is 0 Å². The summed E-state index contributed by atoms with van der Waals surface area (Å²) in [5, 5.41) is 8.97. The molecule has 0 amide bonds. The van der Waals surface area contributed by atoms with E-state index in [9.17, 15) is 21.6 Å². The van der Waals surface area contributed by atoms with Gasteiger partial charge in [-0.2, -0.15) is 30.7 Å². The van der Waals surface area contributed by atoms with Crippen molar-refractivity contribution in [2.24, 2.45) is 0 Å². The molecule has 0 heterocycles. The van der Waals surface area contributed by atoms with Crippen molar-refractivity contribution in [1.82, 2.24) is 8.61 Å². The number of allylic oxidation sites excluding steroid dienone is 1. The Balaban J connectivity index is 3.53. The average Bonchev–Trinajstić information content (AvgIpc) is 2.53. The average molecular weight is 417 g/mol. The van der Waals surface area contributed by atoms with Gasteiger partial charge in [-0.3, -0.25) is 4.79 Å². The van der Waals surface area contributed by atoms with Crippen LogP contribution < -0.4 is 8.37 Å². The van der Waals surface area contributed by atoms with Gasteiger partial charge in [0.25, 0.3) is 0 Å². The highest BCUT2D eigenvalue weighted by Gasteiger charge is 2.23. The highest BCUT2D eigenvalue weighted by Crippen LogP contribution is 2.32. The molecule has 0 saturated carbocycles. The molecule has 12 heteroatoms. The molecule has 0 spiro atoms. The van der Waals surface area contributed by atoms with Crippen molar-refractivity contribution in [3.05, 3.63) is 29.3 Å². The minimum Gasteiger partial charge on any atom is -0.367 e. The lowest BCUT2D eigenvalue weighted by atomic mass is 10.1. The van der Waals surface area contributed by atoms with Gasteiger partial charge in [0.1, 0.15) is 6.07 Å². The monoisotopic (exact) mass is 417 g/mol. The first kappa shape index (κ1) is 22.6. The number of benzene rings is 1. The first-order valence-electron chi connectivity index (χ1n) is 7.31. The van der Waals surface area contributed by atoms with Gasteiger partial charge in [-0.05, 0) is 30.7 Å². The number of hydrogen-bond acceptors (Lipinski definition) is 8. The van der Waals surface area contributed by atoms with Crippen LogP contribution in [0.3, 0.4) is 0 Å². The lowest BCUT2D eigenvalue weighted by Crippen LogP contribution is -2.29. The van der Waals surface area contributed by atoms with Gasteiger partial charge >= 0.3 is 20.6 Å². The molecule has 148 valence electrons. The second kappa shape index (κ2) is 8.49. The van der Waals surface area contributed by atoms with Crippen LogP contribution in [0.5, 0.6) is 11.5 Å². The Kier molecular flexibility index (Phi) is 7.10. The van der Waals surface area contributed by atoms with E-state index in [0.29, 0.717) is 0 Å². The van der Waals surface area contributed by atoms with Crippen LogP contribution in [0.15, 0.2) is 23.8 Å². The number of nitriles is 1. The fourth-order valence-corrected chi connectivity index (χ4v) is 2.52. The zero-order valence-corrected chi connectivity index (χ0v) is 17.0. The summed E-state index contributed by atoms with van der Waals surface area (Å²) in [6, 6.07) is 5.35. The summed E-state index contributed by atoms with van der Waals surface area (Å²) >= 11 is 0. The van der Waals surface area contributed by atoms with Gasteiger partial charge in [0, 0.05) is 28.2 Å². The molecule has 0 aromatic heterocycles. The molecule has 1 aromatic carbocycles. The van der Waals surface area contributed by atoms with Crippen molar-refractivity contribution in [1.29, 1.82) is 5.26 Å². The molecule has 0 aliphatic rings. The zero-order chi connectivity index (χ0) is 21.0. The summed E-state index contributed by atoms with van der Waals surface area (Å²) in [7, 11) is -3.50. The Hall–Kier alpha value is -2.46. The van der Waals surface area contributed by atoms with Crippen molar-refractivity contribution >= 4 is 32.5 Å². The van der Waals surface area contributed by atoms with Crippen molar-refractivity contribution in [3.8, 4) is 17.6 Å². The molecule has 0 fully saturated rings. The van der Waals surface area contributed by atoms with Crippen LogP contribution in [0.1, 0.15) is 12.5 Å². The minimum absolute atomic E-state index is 0.175. The van der Waals surface area contributed by atoms with Crippen LogP contribution in [0, 0.1) is 11.3 Å². The van der Waals surface area contributed by atoms with Crippen LogP contribution in [0.2, 0.25) is 0 Å². The molecule has 0 bridgehead atoms. The SMILES string of the molecule is CC(=O)/C(C#N)=C/c1ccc(OS(=O)(=O)N(C)C)c(OS(=O)(=O)N(C)C)c1. The van der Waals surface area contributed by atoms with E-state index in [4.69, 9.17) is 13.6 Å². The quantitative estimate of drug-likeness (QED) is 0.442. The topological polar surface area (TPSA) is 134 Å². The lowest BCUT2D eigenvalue weighted by molar-refractivity contribution is -0.113. The number of carbonyl (C=O) groups is 1. The summed E-state index contributed by atoms with van der Waals surface area (Å²) in [5.74, 6) is -1.30. The largest absolute Gasteiger partial charge is 0.384 e. The van der Waals surface area contributed by atoms with Gasteiger partial charge in [-0.1, -0.05) is 6.07 Å². The highest BCUT2D eigenvalue weighted by atomic mass is 32.2. The van der Waals surface area contributed by atoms with E-state index in [1.165, 1.54) is 47.3 Å². The van der Waals surface area contributed by atoms with Gasteiger partial charge in [-0.25, -0.2) is 0 Å². The Bertz CT molecular complexity index is 1000. The summed E-state index contributed by atoms with van der Waals surface area (Å²) in [5.41, 5.74) is 0.0614. The number of rotatable bonds is 8.